The second-order valence-electron chi connectivity index (χ2n) is 9.57. The summed E-state index contributed by atoms with van der Waals surface area (Å²) >= 11 is 6.16. The lowest BCUT2D eigenvalue weighted by Crippen LogP contribution is -2.56. The zero-order chi connectivity index (χ0) is 23.2. The van der Waals surface area contributed by atoms with Gasteiger partial charge < -0.3 is 20.9 Å². The van der Waals surface area contributed by atoms with Gasteiger partial charge >= 0.3 is 6.03 Å². The molecule has 8 heteroatoms. The molecule has 2 rings (SSSR count). The van der Waals surface area contributed by atoms with E-state index in [2.05, 4.69) is 16.0 Å². The first-order valence-corrected chi connectivity index (χ1v) is 11.3. The fraction of sp³-hybridized carbons (Fsp3) is 0.609. The van der Waals surface area contributed by atoms with Crippen LogP contribution in [0.2, 0.25) is 5.02 Å². The average molecular weight is 451 g/mol. The maximum Gasteiger partial charge on any atom is 0.317 e. The fourth-order valence-corrected chi connectivity index (χ4v) is 3.73. The summed E-state index contributed by atoms with van der Waals surface area (Å²) in [6.07, 6.45) is 1.25. The molecule has 1 aliphatic rings. The highest BCUT2D eigenvalue weighted by Gasteiger charge is 2.34. The SMILES string of the molecule is CC(C)CNC(=O)C(NC(=O)c1ccccc1Cl)C1CCN(C(=O)NC(C)(C)C)CC1. The summed E-state index contributed by atoms with van der Waals surface area (Å²) < 4.78 is 0. The average Bonchev–Trinajstić information content (AvgIpc) is 2.69. The van der Waals surface area contributed by atoms with Crippen molar-refractivity contribution in [3.63, 3.8) is 0 Å². The summed E-state index contributed by atoms with van der Waals surface area (Å²) in [4.78, 5) is 40.0. The Kier molecular flexibility index (Phi) is 8.74. The largest absolute Gasteiger partial charge is 0.354 e. The molecule has 1 heterocycles. The van der Waals surface area contributed by atoms with E-state index in [0.29, 0.717) is 49.0 Å². The first kappa shape index (κ1) is 25.0. The van der Waals surface area contributed by atoms with E-state index >= 15 is 0 Å². The number of benzene rings is 1. The molecule has 1 aromatic rings. The Morgan fingerprint density at radius 2 is 1.74 bits per heavy atom. The molecule has 3 N–H and O–H groups in total. The molecule has 0 radical (unpaired) electrons. The van der Waals surface area contributed by atoms with Crippen molar-refractivity contribution in [2.24, 2.45) is 11.8 Å². The molecule has 7 nitrogen and oxygen atoms in total. The number of carbonyl (C=O) groups excluding carboxylic acids is 3. The smallest absolute Gasteiger partial charge is 0.317 e. The molecule has 1 aliphatic heterocycles. The first-order chi connectivity index (χ1) is 14.5. The number of nitrogens with one attached hydrogen (secondary N) is 3. The number of hydrogen-bond acceptors (Lipinski definition) is 3. The van der Waals surface area contributed by atoms with E-state index in [-0.39, 0.29) is 29.3 Å². The maximum atomic E-state index is 13.0. The van der Waals surface area contributed by atoms with Gasteiger partial charge in [0.05, 0.1) is 10.6 Å². The molecule has 0 spiro atoms. The van der Waals surface area contributed by atoms with E-state index in [4.69, 9.17) is 11.6 Å². The summed E-state index contributed by atoms with van der Waals surface area (Å²) in [5.74, 6) is -0.348. The monoisotopic (exact) mass is 450 g/mol. The lowest BCUT2D eigenvalue weighted by Gasteiger charge is -2.37. The second kappa shape index (κ2) is 10.8. The van der Waals surface area contributed by atoms with Crippen LogP contribution in [0.3, 0.4) is 0 Å². The van der Waals surface area contributed by atoms with Gasteiger partial charge in [-0.25, -0.2) is 4.79 Å². The highest BCUT2D eigenvalue weighted by Crippen LogP contribution is 2.23. The number of carbonyl (C=O) groups is 3. The van der Waals surface area contributed by atoms with Crippen molar-refractivity contribution in [1.82, 2.24) is 20.9 Å². The van der Waals surface area contributed by atoms with Crippen LogP contribution in [-0.2, 0) is 4.79 Å². The zero-order valence-corrected chi connectivity index (χ0v) is 19.9. The molecule has 1 saturated heterocycles. The van der Waals surface area contributed by atoms with Gasteiger partial charge in [0.15, 0.2) is 0 Å². The van der Waals surface area contributed by atoms with Gasteiger partial charge in [-0.15, -0.1) is 0 Å². The van der Waals surface area contributed by atoms with E-state index < -0.39 is 6.04 Å². The van der Waals surface area contributed by atoms with Crippen LogP contribution in [0, 0.1) is 11.8 Å². The highest BCUT2D eigenvalue weighted by molar-refractivity contribution is 6.33. The van der Waals surface area contributed by atoms with Crippen molar-refractivity contribution in [3.05, 3.63) is 34.9 Å². The molecule has 1 fully saturated rings. The van der Waals surface area contributed by atoms with Crippen LogP contribution < -0.4 is 16.0 Å². The lowest BCUT2D eigenvalue weighted by molar-refractivity contribution is -0.124. The van der Waals surface area contributed by atoms with Gasteiger partial charge in [-0.3, -0.25) is 9.59 Å². The number of hydrogen-bond donors (Lipinski definition) is 3. The molecule has 0 bridgehead atoms. The van der Waals surface area contributed by atoms with Crippen LogP contribution >= 0.6 is 11.6 Å². The van der Waals surface area contributed by atoms with Crippen LogP contribution in [0.5, 0.6) is 0 Å². The summed E-state index contributed by atoms with van der Waals surface area (Å²) in [5, 5.41) is 9.15. The standard InChI is InChI=1S/C23H35ClN4O3/c1-15(2)14-25-21(30)19(26-20(29)17-8-6-7-9-18(17)24)16-10-12-28(13-11-16)22(31)27-23(3,4)5/h6-9,15-16,19H,10-14H2,1-5H3,(H,25,30)(H,26,29)(H,27,31). The summed E-state index contributed by atoms with van der Waals surface area (Å²) in [5.41, 5.74) is 0.0312. The molecule has 172 valence electrons. The van der Waals surface area contributed by atoms with E-state index in [1.807, 2.05) is 34.6 Å². The molecule has 0 aromatic heterocycles. The number of rotatable bonds is 6. The lowest BCUT2D eigenvalue weighted by atomic mass is 9.88. The molecule has 1 aromatic carbocycles. The second-order valence-corrected chi connectivity index (χ2v) is 9.98. The van der Waals surface area contributed by atoms with Gasteiger partial charge in [-0.2, -0.15) is 0 Å². The normalized spacial score (nSPS) is 16.0. The van der Waals surface area contributed by atoms with Crippen LogP contribution in [0.25, 0.3) is 0 Å². The Labute approximate surface area is 190 Å². The number of amides is 4. The van der Waals surface area contributed by atoms with Crippen molar-refractivity contribution >= 4 is 29.4 Å². The zero-order valence-electron chi connectivity index (χ0n) is 19.1. The molecule has 31 heavy (non-hydrogen) atoms. The van der Waals surface area contributed by atoms with Crippen molar-refractivity contribution in [2.75, 3.05) is 19.6 Å². The summed E-state index contributed by atoms with van der Waals surface area (Å²) in [7, 11) is 0. The van der Waals surface area contributed by atoms with Gasteiger partial charge in [0, 0.05) is 25.2 Å². The quantitative estimate of drug-likeness (QED) is 0.620. The Balaban J connectivity index is 2.09. The molecular formula is C23H35ClN4O3. The number of likely N-dealkylation sites (tertiary alicyclic amines) is 1. The Hall–Kier alpha value is -2.28. The first-order valence-electron chi connectivity index (χ1n) is 10.9. The molecule has 0 aliphatic carbocycles. The minimum absolute atomic E-state index is 0.0720. The number of nitrogens with zero attached hydrogens (tertiary/aromatic N) is 1. The van der Waals surface area contributed by atoms with Gasteiger partial charge in [0.1, 0.15) is 6.04 Å². The number of halogens is 1. The van der Waals surface area contributed by atoms with Gasteiger partial charge in [-0.05, 0) is 57.6 Å². The van der Waals surface area contributed by atoms with Crippen molar-refractivity contribution < 1.29 is 14.4 Å². The fourth-order valence-electron chi connectivity index (χ4n) is 3.51. The topological polar surface area (TPSA) is 90.5 Å². The molecular weight excluding hydrogens is 416 g/mol. The molecule has 0 saturated carbocycles. The van der Waals surface area contributed by atoms with E-state index in [1.54, 1.807) is 29.2 Å². The third-order valence-corrected chi connectivity index (χ3v) is 5.48. The minimum Gasteiger partial charge on any atom is -0.354 e. The van der Waals surface area contributed by atoms with Gasteiger partial charge in [0.2, 0.25) is 5.91 Å². The van der Waals surface area contributed by atoms with Crippen LogP contribution in [0.4, 0.5) is 4.79 Å². The van der Waals surface area contributed by atoms with Crippen molar-refractivity contribution in [3.8, 4) is 0 Å². The Morgan fingerprint density at radius 1 is 1.13 bits per heavy atom. The van der Waals surface area contributed by atoms with Crippen molar-refractivity contribution in [2.45, 2.75) is 59.0 Å². The Morgan fingerprint density at radius 3 is 2.29 bits per heavy atom. The summed E-state index contributed by atoms with van der Waals surface area (Å²) in [6, 6.07) is 5.99. The van der Waals surface area contributed by atoms with E-state index in [9.17, 15) is 14.4 Å². The van der Waals surface area contributed by atoms with Crippen molar-refractivity contribution in [1.29, 1.82) is 0 Å². The van der Waals surface area contributed by atoms with E-state index in [1.165, 1.54) is 0 Å². The molecule has 1 unspecified atom stereocenters. The van der Waals surface area contributed by atoms with Crippen LogP contribution in [-0.4, -0.2) is 54.0 Å². The number of piperidine rings is 1. The van der Waals surface area contributed by atoms with Crippen LogP contribution in [0.1, 0.15) is 57.8 Å². The van der Waals surface area contributed by atoms with Gasteiger partial charge in [0.25, 0.3) is 5.91 Å². The predicted octanol–water partition coefficient (Wildman–Crippen LogP) is 3.43. The maximum absolute atomic E-state index is 13.0. The third-order valence-electron chi connectivity index (χ3n) is 5.15. The third kappa shape index (κ3) is 7.73. The number of urea groups is 1. The summed E-state index contributed by atoms with van der Waals surface area (Å²) in [6.45, 7) is 11.5. The van der Waals surface area contributed by atoms with Crippen LogP contribution in [0.15, 0.2) is 24.3 Å². The minimum atomic E-state index is -0.685. The highest BCUT2D eigenvalue weighted by atomic mass is 35.5. The van der Waals surface area contributed by atoms with Gasteiger partial charge in [-0.1, -0.05) is 37.6 Å². The van der Waals surface area contributed by atoms with E-state index in [0.717, 1.165) is 0 Å². The predicted molar refractivity (Wildman–Crippen MR) is 123 cm³/mol. The molecule has 1 atom stereocenters. The Bertz CT molecular complexity index is 783. The molecule has 4 amide bonds.